The van der Waals surface area contributed by atoms with Crippen LogP contribution in [0.2, 0.25) is 5.02 Å². The third kappa shape index (κ3) is 2.30. The SMILES string of the molecule is Cc1ccc(-c2nnc(CCl)s2)c(Cl)c1. The zero-order valence-electron chi connectivity index (χ0n) is 8.00. The second-order valence-electron chi connectivity index (χ2n) is 3.12. The van der Waals surface area contributed by atoms with E-state index in [0.29, 0.717) is 10.9 Å². The molecule has 0 saturated heterocycles. The molecule has 2 aromatic rings. The van der Waals surface area contributed by atoms with Crippen molar-refractivity contribution in [2.45, 2.75) is 12.8 Å². The number of rotatable bonds is 2. The number of aromatic nitrogens is 2. The molecule has 2 nitrogen and oxygen atoms in total. The standard InChI is InChI=1S/C10H8Cl2N2S/c1-6-2-3-7(8(12)4-6)10-14-13-9(5-11)15-10/h2-4H,5H2,1H3. The number of alkyl halides is 1. The maximum Gasteiger partial charge on any atom is 0.149 e. The van der Waals surface area contributed by atoms with Crippen LogP contribution in [0.25, 0.3) is 10.6 Å². The van der Waals surface area contributed by atoms with Crippen molar-refractivity contribution in [1.29, 1.82) is 0 Å². The summed E-state index contributed by atoms with van der Waals surface area (Å²) in [7, 11) is 0. The Morgan fingerprint density at radius 1 is 1.33 bits per heavy atom. The first kappa shape index (κ1) is 10.9. The van der Waals surface area contributed by atoms with Crippen LogP contribution in [-0.4, -0.2) is 10.2 Å². The Labute approximate surface area is 102 Å². The fourth-order valence-corrected chi connectivity index (χ4v) is 2.54. The third-order valence-electron chi connectivity index (χ3n) is 1.94. The van der Waals surface area contributed by atoms with Gasteiger partial charge in [0.15, 0.2) is 0 Å². The number of hydrogen-bond donors (Lipinski definition) is 0. The molecule has 5 heteroatoms. The molecule has 0 N–H and O–H groups in total. The van der Waals surface area contributed by atoms with Gasteiger partial charge in [-0.05, 0) is 18.6 Å². The van der Waals surface area contributed by atoms with Gasteiger partial charge >= 0.3 is 0 Å². The van der Waals surface area contributed by atoms with Gasteiger partial charge in [0.2, 0.25) is 0 Å². The number of halogens is 2. The summed E-state index contributed by atoms with van der Waals surface area (Å²) >= 11 is 13.3. The quantitative estimate of drug-likeness (QED) is 0.764. The normalized spacial score (nSPS) is 10.6. The van der Waals surface area contributed by atoms with E-state index in [0.717, 1.165) is 21.1 Å². The first-order chi connectivity index (χ1) is 7.20. The van der Waals surface area contributed by atoms with Crippen molar-refractivity contribution in [3.05, 3.63) is 33.8 Å². The minimum atomic E-state index is 0.390. The molecule has 2 rings (SSSR count). The summed E-state index contributed by atoms with van der Waals surface area (Å²) in [6.07, 6.45) is 0. The monoisotopic (exact) mass is 258 g/mol. The van der Waals surface area contributed by atoms with Gasteiger partial charge in [0.1, 0.15) is 10.0 Å². The van der Waals surface area contributed by atoms with E-state index in [1.165, 1.54) is 11.3 Å². The topological polar surface area (TPSA) is 25.8 Å². The Kier molecular flexibility index (Phi) is 3.24. The van der Waals surface area contributed by atoms with Gasteiger partial charge in [0.25, 0.3) is 0 Å². The van der Waals surface area contributed by atoms with Crippen molar-refractivity contribution < 1.29 is 0 Å². The van der Waals surface area contributed by atoms with E-state index >= 15 is 0 Å². The van der Waals surface area contributed by atoms with E-state index in [4.69, 9.17) is 23.2 Å². The lowest BCUT2D eigenvalue weighted by atomic mass is 10.2. The lowest BCUT2D eigenvalue weighted by Crippen LogP contribution is -1.80. The van der Waals surface area contributed by atoms with Crippen LogP contribution in [0.4, 0.5) is 0 Å². The first-order valence-electron chi connectivity index (χ1n) is 4.35. The molecule has 0 amide bonds. The molecule has 0 bridgehead atoms. The average Bonchev–Trinajstić information content (AvgIpc) is 2.66. The smallest absolute Gasteiger partial charge is 0.142 e. The van der Waals surface area contributed by atoms with Crippen LogP contribution in [0.1, 0.15) is 10.6 Å². The largest absolute Gasteiger partial charge is 0.149 e. The van der Waals surface area contributed by atoms with E-state index in [1.807, 2.05) is 25.1 Å². The average molecular weight is 259 g/mol. The first-order valence-corrected chi connectivity index (χ1v) is 6.08. The molecule has 0 radical (unpaired) electrons. The molecule has 0 aliphatic heterocycles. The van der Waals surface area contributed by atoms with Gasteiger partial charge in [0.05, 0.1) is 10.9 Å². The van der Waals surface area contributed by atoms with Gasteiger partial charge in [0, 0.05) is 5.56 Å². The van der Waals surface area contributed by atoms with Crippen molar-refractivity contribution in [2.75, 3.05) is 0 Å². The Morgan fingerprint density at radius 2 is 2.13 bits per heavy atom. The number of benzene rings is 1. The maximum absolute atomic E-state index is 6.12. The summed E-state index contributed by atoms with van der Waals surface area (Å²) < 4.78 is 0. The van der Waals surface area contributed by atoms with Crippen LogP contribution in [0.15, 0.2) is 18.2 Å². The minimum absolute atomic E-state index is 0.390. The highest BCUT2D eigenvalue weighted by atomic mass is 35.5. The van der Waals surface area contributed by atoms with Crippen molar-refractivity contribution in [1.82, 2.24) is 10.2 Å². The highest BCUT2D eigenvalue weighted by Gasteiger charge is 2.09. The zero-order chi connectivity index (χ0) is 10.8. The molecular weight excluding hydrogens is 251 g/mol. The maximum atomic E-state index is 6.12. The minimum Gasteiger partial charge on any atom is -0.142 e. The number of nitrogens with zero attached hydrogens (tertiary/aromatic N) is 2. The summed E-state index contributed by atoms with van der Waals surface area (Å²) in [6.45, 7) is 2.00. The van der Waals surface area contributed by atoms with Gasteiger partial charge in [-0.15, -0.1) is 21.8 Å². The molecule has 0 saturated carbocycles. The van der Waals surface area contributed by atoms with Crippen molar-refractivity contribution in [3.63, 3.8) is 0 Å². The molecule has 0 spiro atoms. The van der Waals surface area contributed by atoms with E-state index in [-0.39, 0.29) is 0 Å². The molecule has 1 aromatic heterocycles. The Hall–Kier alpha value is -0.640. The van der Waals surface area contributed by atoms with Crippen molar-refractivity contribution >= 4 is 34.5 Å². The summed E-state index contributed by atoms with van der Waals surface area (Å²) in [5, 5.41) is 10.3. The molecule has 78 valence electrons. The molecule has 0 unspecified atom stereocenters. The van der Waals surface area contributed by atoms with Crippen molar-refractivity contribution in [2.24, 2.45) is 0 Å². The van der Waals surface area contributed by atoms with Gasteiger partial charge in [-0.3, -0.25) is 0 Å². The molecule has 0 aliphatic rings. The highest BCUT2D eigenvalue weighted by Crippen LogP contribution is 2.31. The molecule has 1 aromatic carbocycles. The summed E-state index contributed by atoms with van der Waals surface area (Å²) in [6, 6.07) is 5.87. The van der Waals surface area contributed by atoms with E-state index in [9.17, 15) is 0 Å². The molecule has 0 aliphatic carbocycles. The summed E-state index contributed by atoms with van der Waals surface area (Å²) in [4.78, 5) is 0. The predicted octanol–water partition coefficient (Wildman–Crippen LogP) is 3.91. The molecule has 15 heavy (non-hydrogen) atoms. The Balaban J connectivity index is 2.44. The predicted molar refractivity (Wildman–Crippen MR) is 64.6 cm³/mol. The van der Waals surface area contributed by atoms with E-state index < -0.39 is 0 Å². The summed E-state index contributed by atoms with van der Waals surface area (Å²) in [5.74, 6) is 0.390. The summed E-state index contributed by atoms with van der Waals surface area (Å²) in [5.41, 5.74) is 2.04. The molecule has 1 heterocycles. The molecule has 0 fully saturated rings. The van der Waals surface area contributed by atoms with Crippen LogP contribution in [0.3, 0.4) is 0 Å². The van der Waals surface area contributed by atoms with Crippen LogP contribution in [-0.2, 0) is 5.88 Å². The van der Waals surface area contributed by atoms with Crippen molar-refractivity contribution in [3.8, 4) is 10.6 Å². The molecular formula is C10H8Cl2N2S. The third-order valence-corrected chi connectivity index (χ3v) is 3.62. The molecule has 0 atom stereocenters. The second kappa shape index (κ2) is 4.47. The van der Waals surface area contributed by atoms with E-state index in [1.54, 1.807) is 0 Å². The number of hydrogen-bond acceptors (Lipinski definition) is 3. The van der Waals surface area contributed by atoms with Crippen LogP contribution >= 0.6 is 34.5 Å². The Morgan fingerprint density at radius 3 is 2.73 bits per heavy atom. The lowest BCUT2D eigenvalue weighted by Gasteiger charge is -2.00. The fraction of sp³-hybridized carbons (Fsp3) is 0.200. The van der Waals surface area contributed by atoms with Crippen LogP contribution in [0.5, 0.6) is 0 Å². The lowest BCUT2D eigenvalue weighted by molar-refractivity contribution is 1.04. The fourth-order valence-electron chi connectivity index (χ4n) is 1.21. The number of aryl methyl sites for hydroxylation is 1. The van der Waals surface area contributed by atoms with Crippen LogP contribution < -0.4 is 0 Å². The van der Waals surface area contributed by atoms with Gasteiger partial charge in [-0.2, -0.15) is 0 Å². The zero-order valence-corrected chi connectivity index (χ0v) is 10.3. The Bertz CT molecular complexity index is 482. The van der Waals surface area contributed by atoms with Gasteiger partial charge in [-0.25, -0.2) is 0 Å². The van der Waals surface area contributed by atoms with Crippen LogP contribution in [0, 0.1) is 6.92 Å². The highest BCUT2D eigenvalue weighted by molar-refractivity contribution is 7.14. The second-order valence-corrected chi connectivity index (χ2v) is 4.85. The van der Waals surface area contributed by atoms with Gasteiger partial charge in [-0.1, -0.05) is 35.1 Å². The van der Waals surface area contributed by atoms with Gasteiger partial charge < -0.3 is 0 Å². The van der Waals surface area contributed by atoms with E-state index in [2.05, 4.69) is 10.2 Å².